The van der Waals surface area contributed by atoms with Gasteiger partial charge in [-0.1, -0.05) is 0 Å². The number of aromatic nitrogens is 2. The van der Waals surface area contributed by atoms with Crippen molar-refractivity contribution in [3.63, 3.8) is 0 Å². The number of piperidine rings is 1. The van der Waals surface area contributed by atoms with E-state index in [4.69, 9.17) is 0 Å². The van der Waals surface area contributed by atoms with Gasteiger partial charge in [0.05, 0.1) is 17.0 Å². The van der Waals surface area contributed by atoms with Crippen LogP contribution in [0.1, 0.15) is 18.7 Å². The molecular weight excluding hydrogens is 354 g/mol. The molecule has 1 fully saturated rings. The van der Waals surface area contributed by atoms with E-state index in [2.05, 4.69) is 15.6 Å². The van der Waals surface area contributed by atoms with E-state index in [0.29, 0.717) is 18.5 Å². The van der Waals surface area contributed by atoms with Crippen molar-refractivity contribution in [1.29, 1.82) is 0 Å². The number of carbonyl (C=O) groups is 1. The minimum Gasteiger partial charge on any atom is -0.355 e. The molecule has 1 aromatic carbocycles. The fourth-order valence-electron chi connectivity index (χ4n) is 2.96. The van der Waals surface area contributed by atoms with Crippen molar-refractivity contribution in [1.82, 2.24) is 20.2 Å². The number of hydrogen-bond acceptors (Lipinski definition) is 3. The van der Waals surface area contributed by atoms with Gasteiger partial charge in [-0.2, -0.15) is 0 Å². The first-order chi connectivity index (χ1) is 10.6. The van der Waals surface area contributed by atoms with Gasteiger partial charge in [0, 0.05) is 32.6 Å². The predicted molar refractivity (Wildman–Crippen MR) is 97.5 cm³/mol. The first-order valence-corrected chi connectivity index (χ1v) is 7.74. The zero-order chi connectivity index (χ0) is 15.5. The van der Waals surface area contributed by atoms with Crippen LogP contribution in [0.2, 0.25) is 0 Å². The van der Waals surface area contributed by atoms with Crippen LogP contribution in [-0.2, 0) is 18.3 Å². The first kappa shape index (κ1) is 20.7. The molecule has 1 unspecified atom stereocenters. The van der Waals surface area contributed by atoms with Crippen LogP contribution in [0.3, 0.4) is 0 Å². The fraction of sp³-hybridized carbons (Fsp3) is 0.500. The Morgan fingerprint density at radius 3 is 2.96 bits per heavy atom. The van der Waals surface area contributed by atoms with Crippen LogP contribution < -0.4 is 10.6 Å². The standard InChI is InChI=1S/C16H21FN4O.2ClH/c1-21-14-5-4-12(17)9-13(14)20-15(21)6-8-19-16(22)11-3-2-7-18-10-11;;/h4-5,9,11,18H,2-3,6-8,10H2,1H3,(H,19,22);2*1H. The van der Waals surface area contributed by atoms with Gasteiger partial charge >= 0.3 is 0 Å². The molecule has 0 radical (unpaired) electrons. The van der Waals surface area contributed by atoms with Gasteiger partial charge in [-0.05, 0) is 31.5 Å². The summed E-state index contributed by atoms with van der Waals surface area (Å²) in [5.74, 6) is 0.748. The van der Waals surface area contributed by atoms with Gasteiger partial charge in [-0.3, -0.25) is 4.79 Å². The average molecular weight is 377 g/mol. The summed E-state index contributed by atoms with van der Waals surface area (Å²) in [5.41, 5.74) is 1.56. The summed E-state index contributed by atoms with van der Waals surface area (Å²) >= 11 is 0. The van der Waals surface area contributed by atoms with Crippen LogP contribution in [-0.4, -0.2) is 35.1 Å². The van der Waals surface area contributed by atoms with Gasteiger partial charge in [-0.25, -0.2) is 9.37 Å². The van der Waals surface area contributed by atoms with E-state index in [1.54, 1.807) is 6.07 Å². The number of amides is 1. The van der Waals surface area contributed by atoms with Crippen molar-refractivity contribution in [2.24, 2.45) is 13.0 Å². The van der Waals surface area contributed by atoms with E-state index in [0.717, 1.165) is 37.3 Å². The molecule has 1 aliphatic heterocycles. The largest absolute Gasteiger partial charge is 0.355 e. The third-order valence-electron chi connectivity index (χ3n) is 4.25. The summed E-state index contributed by atoms with van der Waals surface area (Å²) in [6.45, 7) is 2.31. The molecule has 0 saturated carbocycles. The maximum Gasteiger partial charge on any atom is 0.224 e. The van der Waals surface area contributed by atoms with E-state index in [1.807, 2.05) is 11.6 Å². The van der Waals surface area contributed by atoms with Gasteiger partial charge in [-0.15, -0.1) is 24.8 Å². The Morgan fingerprint density at radius 1 is 1.46 bits per heavy atom. The maximum absolute atomic E-state index is 13.2. The van der Waals surface area contributed by atoms with Crippen LogP contribution in [0.5, 0.6) is 0 Å². The zero-order valence-electron chi connectivity index (χ0n) is 13.5. The molecule has 0 aliphatic carbocycles. The number of aryl methyl sites for hydroxylation is 1. The Morgan fingerprint density at radius 2 is 2.25 bits per heavy atom. The summed E-state index contributed by atoms with van der Waals surface area (Å²) < 4.78 is 15.2. The lowest BCUT2D eigenvalue weighted by atomic mass is 9.99. The Kier molecular flexibility index (Phi) is 7.93. The Labute approximate surface area is 153 Å². The number of carbonyl (C=O) groups excluding carboxylic acids is 1. The maximum atomic E-state index is 13.2. The summed E-state index contributed by atoms with van der Waals surface area (Å²) in [5, 5.41) is 6.22. The molecule has 8 heteroatoms. The highest BCUT2D eigenvalue weighted by Gasteiger charge is 2.20. The fourth-order valence-corrected chi connectivity index (χ4v) is 2.96. The molecule has 1 saturated heterocycles. The SMILES string of the molecule is Cl.Cl.Cn1c(CCNC(=O)C2CCCNC2)nc2cc(F)ccc21. The molecule has 1 aromatic heterocycles. The van der Waals surface area contributed by atoms with Crippen molar-refractivity contribution in [2.45, 2.75) is 19.3 Å². The lowest BCUT2D eigenvalue weighted by Gasteiger charge is -2.21. The number of rotatable bonds is 4. The topological polar surface area (TPSA) is 59.0 Å². The number of benzene rings is 1. The number of nitrogens with one attached hydrogen (secondary N) is 2. The summed E-state index contributed by atoms with van der Waals surface area (Å²) in [6.07, 6.45) is 2.64. The molecular formula is C16H23Cl2FN4O. The Hall–Kier alpha value is -1.37. The minimum absolute atomic E-state index is 0. The van der Waals surface area contributed by atoms with E-state index >= 15 is 0 Å². The highest BCUT2D eigenvalue weighted by molar-refractivity contribution is 5.85. The lowest BCUT2D eigenvalue weighted by molar-refractivity contribution is -0.125. The Balaban J connectivity index is 0.00000144. The van der Waals surface area contributed by atoms with Crippen LogP contribution in [0.15, 0.2) is 18.2 Å². The molecule has 2 N–H and O–H groups in total. The van der Waals surface area contributed by atoms with Gasteiger partial charge in [0.1, 0.15) is 11.6 Å². The smallest absolute Gasteiger partial charge is 0.224 e. The number of halogens is 3. The summed E-state index contributed by atoms with van der Waals surface area (Å²) in [7, 11) is 1.91. The van der Waals surface area contributed by atoms with Crippen molar-refractivity contribution < 1.29 is 9.18 Å². The molecule has 1 aliphatic rings. The number of fused-ring (bicyclic) bond motifs is 1. The van der Waals surface area contributed by atoms with Crippen molar-refractivity contribution in [3.05, 3.63) is 29.8 Å². The molecule has 2 aromatic rings. The molecule has 134 valence electrons. The lowest BCUT2D eigenvalue weighted by Crippen LogP contribution is -2.41. The quantitative estimate of drug-likeness (QED) is 0.859. The third kappa shape index (κ3) is 4.59. The summed E-state index contributed by atoms with van der Waals surface area (Å²) in [4.78, 5) is 16.5. The number of nitrogens with zero attached hydrogens (tertiary/aromatic N) is 2. The number of hydrogen-bond donors (Lipinski definition) is 2. The molecule has 0 spiro atoms. The number of imidazole rings is 1. The van der Waals surface area contributed by atoms with Gasteiger partial charge in [0.15, 0.2) is 0 Å². The molecule has 1 atom stereocenters. The van der Waals surface area contributed by atoms with Crippen LogP contribution in [0, 0.1) is 11.7 Å². The van der Waals surface area contributed by atoms with Crippen LogP contribution in [0.4, 0.5) is 4.39 Å². The van der Waals surface area contributed by atoms with Crippen molar-refractivity contribution in [2.75, 3.05) is 19.6 Å². The third-order valence-corrected chi connectivity index (χ3v) is 4.25. The van der Waals surface area contributed by atoms with Gasteiger partial charge in [0.25, 0.3) is 0 Å². The highest BCUT2D eigenvalue weighted by Crippen LogP contribution is 2.16. The molecule has 1 amide bonds. The van der Waals surface area contributed by atoms with Crippen molar-refractivity contribution >= 4 is 41.8 Å². The van der Waals surface area contributed by atoms with E-state index in [9.17, 15) is 9.18 Å². The second-order valence-corrected chi connectivity index (χ2v) is 5.80. The van der Waals surface area contributed by atoms with Crippen molar-refractivity contribution in [3.8, 4) is 0 Å². The predicted octanol–water partition coefficient (Wildman–Crippen LogP) is 2.21. The Bertz CT molecular complexity index is 686. The average Bonchev–Trinajstić information content (AvgIpc) is 2.83. The normalized spacial score (nSPS) is 17.0. The molecule has 2 heterocycles. The van der Waals surface area contributed by atoms with Crippen LogP contribution >= 0.6 is 24.8 Å². The van der Waals surface area contributed by atoms with Gasteiger partial charge in [0.2, 0.25) is 5.91 Å². The van der Waals surface area contributed by atoms with E-state index in [1.165, 1.54) is 12.1 Å². The van der Waals surface area contributed by atoms with E-state index < -0.39 is 0 Å². The van der Waals surface area contributed by atoms with Gasteiger partial charge < -0.3 is 15.2 Å². The molecule has 0 bridgehead atoms. The summed E-state index contributed by atoms with van der Waals surface area (Å²) in [6, 6.07) is 4.60. The minimum atomic E-state index is -0.282. The zero-order valence-corrected chi connectivity index (χ0v) is 15.2. The highest BCUT2D eigenvalue weighted by atomic mass is 35.5. The van der Waals surface area contributed by atoms with E-state index in [-0.39, 0.29) is 42.5 Å². The molecule has 5 nitrogen and oxygen atoms in total. The van der Waals surface area contributed by atoms with Crippen LogP contribution in [0.25, 0.3) is 11.0 Å². The monoisotopic (exact) mass is 376 g/mol. The second kappa shape index (κ2) is 9.20. The second-order valence-electron chi connectivity index (χ2n) is 5.80. The molecule has 3 rings (SSSR count). The first-order valence-electron chi connectivity index (χ1n) is 7.74. The molecule has 24 heavy (non-hydrogen) atoms.